The molecular weight excluding hydrogens is 411 g/mol. The molecule has 0 aliphatic carbocycles. The lowest BCUT2D eigenvalue weighted by Crippen LogP contribution is -2.34. The Morgan fingerprint density at radius 3 is 2.52 bits per heavy atom. The summed E-state index contributed by atoms with van der Waals surface area (Å²) in [5, 5.41) is 1.02. The van der Waals surface area contributed by atoms with E-state index in [0.29, 0.717) is 27.1 Å². The zero-order chi connectivity index (χ0) is 20.2. The number of para-hydroxylation sites is 1. The molecule has 4 aromatic rings. The molecule has 1 heterocycles. The highest BCUT2D eigenvalue weighted by molar-refractivity contribution is 7.22. The molecule has 0 N–H and O–H groups in total. The van der Waals surface area contributed by atoms with Gasteiger partial charge in [0.05, 0.1) is 11.2 Å². The minimum Gasteiger partial charge on any atom is -0.484 e. The molecule has 0 bridgehead atoms. The second kappa shape index (κ2) is 8.59. The lowest BCUT2D eigenvalue weighted by atomic mass is 10.2. The van der Waals surface area contributed by atoms with Gasteiger partial charge in [0, 0.05) is 5.02 Å². The van der Waals surface area contributed by atoms with E-state index in [2.05, 4.69) is 4.98 Å². The van der Waals surface area contributed by atoms with Crippen LogP contribution in [0.1, 0.15) is 5.56 Å². The molecule has 0 spiro atoms. The van der Waals surface area contributed by atoms with Crippen molar-refractivity contribution in [1.82, 2.24) is 4.98 Å². The number of hydrogen-bond donors (Lipinski definition) is 0. The number of aromatic nitrogens is 1. The van der Waals surface area contributed by atoms with Crippen LogP contribution in [-0.2, 0) is 11.3 Å². The van der Waals surface area contributed by atoms with Crippen molar-refractivity contribution in [3.63, 3.8) is 0 Å². The molecule has 4 nitrogen and oxygen atoms in total. The van der Waals surface area contributed by atoms with E-state index in [1.807, 2.05) is 30.3 Å². The van der Waals surface area contributed by atoms with Gasteiger partial charge in [-0.25, -0.2) is 9.37 Å². The van der Waals surface area contributed by atoms with Crippen LogP contribution in [0.15, 0.2) is 72.8 Å². The van der Waals surface area contributed by atoms with E-state index in [4.69, 9.17) is 16.3 Å². The summed E-state index contributed by atoms with van der Waals surface area (Å²) in [6, 6.07) is 21.1. The fourth-order valence-electron chi connectivity index (χ4n) is 2.80. The second-order valence-corrected chi connectivity index (χ2v) is 7.74. The number of carbonyl (C=O) groups excluding carboxylic acids is 1. The Morgan fingerprint density at radius 2 is 1.79 bits per heavy atom. The summed E-state index contributed by atoms with van der Waals surface area (Å²) in [4.78, 5) is 18.9. The van der Waals surface area contributed by atoms with Crippen molar-refractivity contribution in [3.8, 4) is 5.75 Å². The minimum absolute atomic E-state index is 0.174. The Bertz CT molecular complexity index is 1130. The third-order valence-corrected chi connectivity index (χ3v) is 5.55. The smallest absolute Gasteiger partial charge is 0.267 e. The number of carbonyl (C=O) groups is 1. The normalized spacial score (nSPS) is 10.8. The Hall–Kier alpha value is -2.96. The van der Waals surface area contributed by atoms with Gasteiger partial charge in [-0.3, -0.25) is 9.69 Å². The summed E-state index contributed by atoms with van der Waals surface area (Å²) < 4.78 is 20.4. The highest BCUT2D eigenvalue weighted by atomic mass is 35.5. The molecule has 146 valence electrons. The topological polar surface area (TPSA) is 42.4 Å². The SMILES string of the molecule is O=C(COc1ccc(Cl)cc1)N(Cc1ccccc1)c1nc2c(F)cccc2s1. The number of halogens is 2. The number of rotatable bonds is 6. The van der Waals surface area contributed by atoms with Crippen molar-refractivity contribution in [1.29, 1.82) is 0 Å². The highest BCUT2D eigenvalue weighted by Gasteiger charge is 2.21. The van der Waals surface area contributed by atoms with Gasteiger partial charge >= 0.3 is 0 Å². The van der Waals surface area contributed by atoms with Crippen LogP contribution in [0.5, 0.6) is 5.75 Å². The van der Waals surface area contributed by atoms with Crippen molar-refractivity contribution < 1.29 is 13.9 Å². The number of anilines is 1. The molecule has 0 atom stereocenters. The van der Waals surface area contributed by atoms with E-state index < -0.39 is 5.82 Å². The van der Waals surface area contributed by atoms with Crippen molar-refractivity contribution in [3.05, 3.63) is 89.2 Å². The fraction of sp³-hybridized carbons (Fsp3) is 0.0909. The summed E-state index contributed by atoms with van der Waals surface area (Å²) in [6.45, 7) is 0.137. The van der Waals surface area contributed by atoms with Crippen LogP contribution in [0.3, 0.4) is 0 Å². The van der Waals surface area contributed by atoms with Crippen LogP contribution in [0.4, 0.5) is 9.52 Å². The quantitative estimate of drug-likeness (QED) is 0.397. The lowest BCUT2D eigenvalue weighted by molar-refractivity contribution is -0.120. The van der Waals surface area contributed by atoms with Gasteiger partial charge in [0.15, 0.2) is 11.7 Å². The summed E-state index contributed by atoms with van der Waals surface area (Å²) in [5.41, 5.74) is 1.20. The summed E-state index contributed by atoms with van der Waals surface area (Å²) >= 11 is 7.15. The van der Waals surface area contributed by atoms with Gasteiger partial charge in [-0.05, 0) is 42.0 Å². The number of fused-ring (bicyclic) bond motifs is 1. The summed E-state index contributed by atoms with van der Waals surface area (Å²) in [7, 11) is 0. The minimum atomic E-state index is -0.408. The molecule has 0 radical (unpaired) electrons. The largest absolute Gasteiger partial charge is 0.484 e. The van der Waals surface area contributed by atoms with Gasteiger partial charge in [0.25, 0.3) is 5.91 Å². The van der Waals surface area contributed by atoms with E-state index in [0.717, 1.165) is 5.56 Å². The van der Waals surface area contributed by atoms with E-state index in [1.165, 1.54) is 22.3 Å². The molecule has 0 aliphatic heterocycles. The van der Waals surface area contributed by atoms with Crippen LogP contribution < -0.4 is 9.64 Å². The number of amides is 1. The number of nitrogens with zero attached hydrogens (tertiary/aromatic N) is 2. The van der Waals surface area contributed by atoms with E-state index in [-0.39, 0.29) is 18.0 Å². The first-order valence-electron chi connectivity index (χ1n) is 8.88. The van der Waals surface area contributed by atoms with Crippen LogP contribution >= 0.6 is 22.9 Å². The first kappa shape index (κ1) is 19.4. The van der Waals surface area contributed by atoms with E-state index >= 15 is 0 Å². The number of ether oxygens (including phenoxy) is 1. The highest BCUT2D eigenvalue weighted by Crippen LogP contribution is 2.31. The summed E-state index contributed by atoms with van der Waals surface area (Å²) in [6.07, 6.45) is 0. The van der Waals surface area contributed by atoms with Gasteiger partial charge in [-0.2, -0.15) is 0 Å². The molecule has 0 saturated carbocycles. The van der Waals surface area contributed by atoms with Gasteiger partial charge in [-0.1, -0.05) is 59.3 Å². The Labute approximate surface area is 176 Å². The Balaban J connectivity index is 1.60. The molecule has 4 rings (SSSR count). The maximum absolute atomic E-state index is 14.1. The molecule has 3 aromatic carbocycles. The van der Waals surface area contributed by atoms with Crippen LogP contribution in [0.25, 0.3) is 10.2 Å². The zero-order valence-electron chi connectivity index (χ0n) is 15.2. The third kappa shape index (κ3) is 4.55. The lowest BCUT2D eigenvalue weighted by Gasteiger charge is -2.20. The molecule has 0 aliphatic rings. The van der Waals surface area contributed by atoms with Gasteiger partial charge in [0.2, 0.25) is 0 Å². The van der Waals surface area contributed by atoms with Crippen molar-refractivity contribution in [2.45, 2.75) is 6.54 Å². The first-order chi connectivity index (χ1) is 14.1. The van der Waals surface area contributed by atoms with Crippen molar-refractivity contribution in [2.24, 2.45) is 0 Å². The fourth-order valence-corrected chi connectivity index (χ4v) is 3.92. The molecule has 1 amide bonds. The molecular formula is C22H16ClFN2O2S. The number of benzene rings is 3. The van der Waals surface area contributed by atoms with E-state index in [1.54, 1.807) is 36.4 Å². The average molecular weight is 427 g/mol. The molecule has 1 aromatic heterocycles. The monoisotopic (exact) mass is 426 g/mol. The molecule has 0 unspecified atom stereocenters. The molecule has 0 fully saturated rings. The van der Waals surface area contributed by atoms with Crippen molar-refractivity contribution in [2.75, 3.05) is 11.5 Å². The van der Waals surface area contributed by atoms with Gasteiger partial charge < -0.3 is 4.74 Å². The van der Waals surface area contributed by atoms with Crippen LogP contribution in [-0.4, -0.2) is 17.5 Å². The van der Waals surface area contributed by atoms with E-state index in [9.17, 15) is 9.18 Å². The molecule has 29 heavy (non-hydrogen) atoms. The Kier molecular flexibility index (Phi) is 5.74. The van der Waals surface area contributed by atoms with Crippen LogP contribution in [0, 0.1) is 5.82 Å². The third-order valence-electron chi connectivity index (χ3n) is 4.25. The molecule has 0 saturated heterocycles. The molecule has 7 heteroatoms. The maximum Gasteiger partial charge on any atom is 0.267 e. The first-order valence-corrected chi connectivity index (χ1v) is 10.1. The zero-order valence-corrected chi connectivity index (χ0v) is 16.8. The second-order valence-electron chi connectivity index (χ2n) is 6.29. The van der Waals surface area contributed by atoms with Gasteiger partial charge in [0.1, 0.15) is 17.1 Å². The maximum atomic E-state index is 14.1. The Morgan fingerprint density at radius 1 is 1.03 bits per heavy atom. The standard InChI is InChI=1S/C22H16ClFN2O2S/c23-16-9-11-17(12-10-16)28-14-20(27)26(13-15-5-2-1-3-6-15)22-25-21-18(24)7-4-8-19(21)29-22/h1-12H,13-14H2. The average Bonchev–Trinajstić information content (AvgIpc) is 3.17. The number of thiazole rings is 1. The summed E-state index contributed by atoms with van der Waals surface area (Å²) in [5.74, 6) is -0.143. The predicted octanol–water partition coefficient (Wildman–Crippen LogP) is 5.70. The number of hydrogen-bond acceptors (Lipinski definition) is 4. The predicted molar refractivity (Wildman–Crippen MR) is 114 cm³/mol. The van der Waals surface area contributed by atoms with Gasteiger partial charge in [-0.15, -0.1) is 0 Å². The van der Waals surface area contributed by atoms with Crippen molar-refractivity contribution >= 4 is 44.2 Å². The van der Waals surface area contributed by atoms with Crippen LogP contribution in [0.2, 0.25) is 5.02 Å².